The topological polar surface area (TPSA) is 77.0 Å². The maximum atomic E-state index is 11.8. The van der Waals surface area contributed by atoms with Crippen LogP contribution in [0.5, 0.6) is 17.2 Å². The molecule has 0 fully saturated rings. The highest BCUT2D eigenvalue weighted by Crippen LogP contribution is 2.36. The highest BCUT2D eigenvalue weighted by Gasteiger charge is 2.13. The number of aromatic hydroxyl groups is 1. The van der Waals surface area contributed by atoms with Gasteiger partial charge in [-0.05, 0) is 30.0 Å². The van der Waals surface area contributed by atoms with Gasteiger partial charge in [-0.15, -0.1) is 0 Å². The summed E-state index contributed by atoms with van der Waals surface area (Å²) in [6.07, 6.45) is 3.92. The number of amides is 1. The summed E-state index contributed by atoms with van der Waals surface area (Å²) in [5.41, 5.74) is 0.747. The van der Waals surface area contributed by atoms with Crippen molar-refractivity contribution in [1.82, 2.24) is 5.32 Å². The number of benzene rings is 1. The van der Waals surface area contributed by atoms with Crippen LogP contribution in [-0.4, -0.2) is 32.0 Å². The van der Waals surface area contributed by atoms with Gasteiger partial charge in [-0.2, -0.15) is 0 Å². The zero-order valence-electron chi connectivity index (χ0n) is 15.1. The van der Waals surface area contributed by atoms with Crippen LogP contribution in [0.25, 0.3) is 0 Å². The van der Waals surface area contributed by atoms with E-state index >= 15 is 0 Å². The zero-order chi connectivity index (χ0) is 17.9. The molecule has 1 aromatic rings. The van der Waals surface area contributed by atoms with Gasteiger partial charge in [0, 0.05) is 6.54 Å². The summed E-state index contributed by atoms with van der Waals surface area (Å²) in [4.78, 5) is 11.8. The van der Waals surface area contributed by atoms with E-state index in [2.05, 4.69) is 19.2 Å². The van der Waals surface area contributed by atoms with Gasteiger partial charge in [0.15, 0.2) is 11.5 Å². The van der Waals surface area contributed by atoms with E-state index in [4.69, 9.17) is 14.2 Å². The van der Waals surface area contributed by atoms with Crippen LogP contribution in [0.4, 0.5) is 4.79 Å². The maximum absolute atomic E-state index is 11.8. The van der Waals surface area contributed by atoms with E-state index in [1.54, 1.807) is 12.1 Å². The van der Waals surface area contributed by atoms with Gasteiger partial charge in [-0.3, -0.25) is 0 Å². The molecule has 2 N–H and O–H groups in total. The van der Waals surface area contributed by atoms with Crippen molar-refractivity contribution in [2.24, 2.45) is 5.92 Å². The first-order valence-electron chi connectivity index (χ1n) is 8.40. The van der Waals surface area contributed by atoms with Crippen LogP contribution in [-0.2, 0) is 11.3 Å². The summed E-state index contributed by atoms with van der Waals surface area (Å²) in [5, 5.41) is 12.6. The van der Waals surface area contributed by atoms with Crippen molar-refractivity contribution >= 4 is 6.09 Å². The molecular weight excluding hydrogens is 310 g/mol. The molecule has 6 heteroatoms. The molecule has 0 saturated carbocycles. The molecule has 0 heterocycles. The lowest BCUT2D eigenvalue weighted by Gasteiger charge is -2.15. The second kappa shape index (κ2) is 10.6. The van der Waals surface area contributed by atoms with Crippen LogP contribution in [0.3, 0.4) is 0 Å². The standard InChI is InChI=1S/C18H29NO5/c1-5-7-8-13(6-2)12-24-18(21)19-11-14-9-15(22-3)17(20)16(10-14)23-4/h9-10,13,20H,5-8,11-12H2,1-4H3,(H,19,21). The molecule has 1 unspecified atom stereocenters. The Bertz CT molecular complexity index is 493. The monoisotopic (exact) mass is 339 g/mol. The fraction of sp³-hybridized carbons (Fsp3) is 0.611. The molecule has 1 atom stereocenters. The predicted molar refractivity (Wildman–Crippen MR) is 92.7 cm³/mol. The molecule has 1 amide bonds. The lowest BCUT2D eigenvalue weighted by molar-refractivity contribution is 0.122. The molecule has 0 spiro atoms. The van der Waals surface area contributed by atoms with Crippen molar-refractivity contribution in [1.29, 1.82) is 0 Å². The number of carbonyl (C=O) groups is 1. The minimum Gasteiger partial charge on any atom is -0.502 e. The summed E-state index contributed by atoms with van der Waals surface area (Å²) in [6, 6.07) is 3.29. The predicted octanol–water partition coefficient (Wildman–Crippen LogP) is 3.85. The summed E-state index contributed by atoms with van der Waals surface area (Å²) in [5.74, 6) is 0.938. The fourth-order valence-electron chi connectivity index (χ4n) is 2.37. The van der Waals surface area contributed by atoms with Gasteiger partial charge in [0.2, 0.25) is 5.75 Å². The van der Waals surface area contributed by atoms with E-state index in [-0.39, 0.29) is 12.3 Å². The number of phenols is 1. The molecule has 0 aromatic heterocycles. The van der Waals surface area contributed by atoms with Gasteiger partial charge in [-0.25, -0.2) is 4.79 Å². The zero-order valence-corrected chi connectivity index (χ0v) is 15.1. The number of ether oxygens (including phenoxy) is 3. The lowest BCUT2D eigenvalue weighted by Crippen LogP contribution is -2.26. The average molecular weight is 339 g/mol. The van der Waals surface area contributed by atoms with Crippen LogP contribution in [0.2, 0.25) is 0 Å². The van der Waals surface area contributed by atoms with Gasteiger partial charge in [0.1, 0.15) is 0 Å². The van der Waals surface area contributed by atoms with E-state index in [1.165, 1.54) is 14.2 Å². The molecular formula is C18H29NO5. The Hall–Kier alpha value is -2.11. The number of phenolic OH excluding ortho intramolecular Hbond substituents is 1. The molecule has 0 radical (unpaired) electrons. The van der Waals surface area contributed by atoms with Crippen molar-refractivity contribution in [3.05, 3.63) is 17.7 Å². The van der Waals surface area contributed by atoms with Crippen LogP contribution in [0, 0.1) is 5.92 Å². The smallest absolute Gasteiger partial charge is 0.407 e. The molecule has 136 valence electrons. The molecule has 0 aliphatic carbocycles. The van der Waals surface area contributed by atoms with E-state index < -0.39 is 6.09 Å². The van der Waals surface area contributed by atoms with Gasteiger partial charge in [0.05, 0.1) is 20.8 Å². The molecule has 24 heavy (non-hydrogen) atoms. The van der Waals surface area contributed by atoms with Crippen LogP contribution < -0.4 is 14.8 Å². The number of methoxy groups -OCH3 is 2. The molecule has 6 nitrogen and oxygen atoms in total. The summed E-state index contributed by atoms with van der Waals surface area (Å²) in [6.45, 7) is 4.96. The second-order valence-electron chi connectivity index (χ2n) is 5.72. The Morgan fingerprint density at radius 1 is 1.21 bits per heavy atom. The SMILES string of the molecule is CCCCC(CC)COC(=O)NCc1cc(OC)c(O)c(OC)c1. The van der Waals surface area contributed by atoms with Gasteiger partial charge >= 0.3 is 6.09 Å². The largest absolute Gasteiger partial charge is 0.502 e. The van der Waals surface area contributed by atoms with E-state index in [1.807, 2.05) is 0 Å². The first-order valence-corrected chi connectivity index (χ1v) is 8.40. The van der Waals surface area contributed by atoms with Gasteiger partial charge in [-0.1, -0.05) is 33.1 Å². The minimum atomic E-state index is -0.448. The van der Waals surface area contributed by atoms with Crippen molar-refractivity contribution in [3.63, 3.8) is 0 Å². The lowest BCUT2D eigenvalue weighted by atomic mass is 10.0. The van der Waals surface area contributed by atoms with E-state index in [0.717, 1.165) is 31.2 Å². The van der Waals surface area contributed by atoms with Crippen LogP contribution >= 0.6 is 0 Å². The Morgan fingerprint density at radius 2 is 1.83 bits per heavy atom. The fourth-order valence-corrected chi connectivity index (χ4v) is 2.37. The number of hydrogen-bond acceptors (Lipinski definition) is 5. The third-order valence-electron chi connectivity index (χ3n) is 3.97. The second-order valence-corrected chi connectivity index (χ2v) is 5.72. The molecule has 0 aliphatic rings. The summed E-state index contributed by atoms with van der Waals surface area (Å²) < 4.78 is 15.5. The highest BCUT2D eigenvalue weighted by molar-refractivity contribution is 5.67. The Kier molecular flexibility index (Phi) is 8.83. The van der Waals surface area contributed by atoms with Crippen molar-refractivity contribution in [3.8, 4) is 17.2 Å². The summed E-state index contributed by atoms with van der Waals surface area (Å²) >= 11 is 0. The Morgan fingerprint density at radius 3 is 2.33 bits per heavy atom. The van der Waals surface area contributed by atoms with Crippen molar-refractivity contribution < 1.29 is 24.1 Å². The average Bonchev–Trinajstić information content (AvgIpc) is 2.60. The number of carbonyl (C=O) groups excluding carboxylic acids is 1. The first-order chi connectivity index (χ1) is 11.5. The summed E-state index contributed by atoms with van der Waals surface area (Å²) in [7, 11) is 2.92. The molecule has 0 saturated heterocycles. The highest BCUT2D eigenvalue weighted by atomic mass is 16.5. The Labute approximate surface area is 144 Å². The van der Waals surface area contributed by atoms with Crippen molar-refractivity contribution in [2.75, 3.05) is 20.8 Å². The normalized spacial score (nSPS) is 11.7. The molecule has 0 aliphatic heterocycles. The van der Waals surface area contributed by atoms with Gasteiger partial charge in [0.25, 0.3) is 0 Å². The minimum absolute atomic E-state index is 0.0620. The van der Waals surface area contributed by atoms with Crippen LogP contribution in [0.1, 0.15) is 45.1 Å². The maximum Gasteiger partial charge on any atom is 0.407 e. The number of nitrogens with one attached hydrogen (secondary N) is 1. The number of hydrogen-bond donors (Lipinski definition) is 2. The number of rotatable bonds is 10. The third kappa shape index (κ3) is 6.18. The van der Waals surface area contributed by atoms with Crippen molar-refractivity contribution in [2.45, 2.75) is 46.1 Å². The third-order valence-corrected chi connectivity index (χ3v) is 3.97. The number of unbranched alkanes of at least 4 members (excludes halogenated alkanes) is 1. The van der Waals surface area contributed by atoms with Crippen LogP contribution in [0.15, 0.2) is 12.1 Å². The van der Waals surface area contributed by atoms with E-state index in [0.29, 0.717) is 24.0 Å². The van der Waals surface area contributed by atoms with E-state index in [9.17, 15) is 9.90 Å². The first kappa shape index (κ1) is 19.9. The molecule has 1 aromatic carbocycles. The van der Waals surface area contributed by atoms with Gasteiger partial charge < -0.3 is 24.6 Å². The molecule has 1 rings (SSSR count). The number of alkyl carbamates (subject to hydrolysis) is 1. The Balaban J connectivity index is 2.52. The quantitative estimate of drug-likeness (QED) is 0.677. The molecule has 0 bridgehead atoms.